The molecule has 0 bridgehead atoms. The number of likely N-dealkylation sites (tertiary alicyclic amines) is 1. The topological polar surface area (TPSA) is 62.6 Å². The summed E-state index contributed by atoms with van der Waals surface area (Å²) >= 11 is 0.454. The van der Waals surface area contributed by atoms with E-state index in [1.165, 1.54) is 12.1 Å². The normalized spacial score (nSPS) is 15.2. The summed E-state index contributed by atoms with van der Waals surface area (Å²) in [7, 11) is 0. The van der Waals surface area contributed by atoms with E-state index >= 15 is 0 Å². The lowest BCUT2D eigenvalue weighted by molar-refractivity contribution is 0.0695. The number of hydrogen-bond donors (Lipinski definition) is 1. The summed E-state index contributed by atoms with van der Waals surface area (Å²) in [5, 5.41) is 2.93. The largest absolute Gasteiger partial charge is 0.456 e. The molecule has 144 valence electrons. The van der Waals surface area contributed by atoms with Gasteiger partial charge in [0.25, 0.3) is 17.6 Å². The molecule has 1 aliphatic heterocycles. The molecule has 1 aromatic heterocycles. The standard InChI is InChI=1S/C19H20F2N2O3S/c1-12-2-7-16(26-12)17(24)22-14-8-10-23(11-9-14)18(25)13-3-5-15(6-4-13)27-19(20)21/h2-7,14,19H,8-11H2,1H3,(H,22,24). The summed E-state index contributed by atoms with van der Waals surface area (Å²) in [6.45, 7) is 2.82. The number of furan rings is 1. The molecular formula is C19H20F2N2O3S. The van der Waals surface area contributed by atoms with Gasteiger partial charge in [0, 0.05) is 29.6 Å². The van der Waals surface area contributed by atoms with Crippen molar-refractivity contribution in [2.75, 3.05) is 13.1 Å². The molecule has 27 heavy (non-hydrogen) atoms. The van der Waals surface area contributed by atoms with Crippen molar-refractivity contribution >= 4 is 23.6 Å². The van der Waals surface area contributed by atoms with Crippen LogP contribution in [0.15, 0.2) is 45.7 Å². The van der Waals surface area contributed by atoms with Gasteiger partial charge < -0.3 is 14.6 Å². The fraction of sp³-hybridized carbons (Fsp3) is 0.368. The highest BCUT2D eigenvalue weighted by atomic mass is 32.2. The van der Waals surface area contributed by atoms with Crippen molar-refractivity contribution < 1.29 is 22.8 Å². The summed E-state index contributed by atoms with van der Waals surface area (Å²) in [5.74, 6) is -1.90. The van der Waals surface area contributed by atoms with Crippen molar-refractivity contribution in [1.29, 1.82) is 0 Å². The van der Waals surface area contributed by atoms with Gasteiger partial charge in [-0.2, -0.15) is 8.78 Å². The van der Waals surface area contributed by atoms with Crippen molar-refractivity contribution in [3.05, 3.63) is 53.5 Å². The molecule has 2 aromatic rings. The zero-order chi connectivity index (χ0) is 19.4. The maximum absolute atomic E-state index is 12.6. The average molecular weight is 394 g/mol. The molecule has 0 aliphatic carbocycles. The molecule has 0 saturated carbocycles. The Morgan fingerprint density at radius 3 is 2.37 bits per heavy atom. The van der Waals surface area contributed by atoms with E-state index in [0.29, 0.717) is 53.9 Å². The molecule has 3 rings (SSSR count). The van der Waals surface area contributed by atoms with Crippen molar-refractivity contribution in [2.24, 2.45) is 0 Å². The minimum absolute atomic E-state index is 0.0169. The molecule has 0 atom stereocenters. The Labute approximate surface area is 160 Å². The van der Waals surface area contributed by atoms with Gasteiger partial charge in [-0.25, -0.2) is 0 Å². The molecule has 8 heteroatoms. The first kappa shape index (κ1) is 19.4. The number of alkyl halides is 2. The third-order valence-corrected chi connectivity index (χ3v) is 5.13. The lowest BCUT2D eigenvalue weighted by Crippen LogP contribution is -2.46. The van der Waals surface area contributed by atoms with E-state index in [-0.39, 0.29) is 23.6 Å². The van der Waals surface area contributed by atoms with Gasteiger partial charge in [-0.05, 0) is 56.2 Å². The lowest BCUT2D eigenvalue weighted by Gasteiger charge is -2.32. The highest BCUT2D eigenvalue weighted by molar-refractivity contribution is 7.99. The second-order valence-corrected chi connectivity index (χ2v) is 7.42. The Morgan fingerprint density at radius 1 is 1.15 bits per heavy atom. The van der Waals surface area contributed by atoms with Crippen molar-refractivity contribution in [2.45, 2.75) is 36.5 Å². The van der Waals surface area contributed by atoms with Crippen LogP contribution >= 0.6 is 11.8 Å². The molecule has 0 unspecified atom stereocenters. The summed E-state index contributed by atoms with van der Waals surface area (Å²) < 4.78 is 30.0. The van der Waals surface area contributed by atoms with E-state index in [1.807, 2.05) is 0 Å². The Hall–Kier alpha value is -2.35. The number of carbonyl (C=O) groups excluding carboxylic acids is 2. The van der Waals surface area contributed by atoms with Gasteiger partial charge in [0.15, 0.2) is 5.76 Å². The second-order valence-electron chi connectivity index (χ2n) is 6.35. The number of carbonyl (C=O) groups is 2. The monoisotopic (exact) mass is 394 g/mol. The summed E-state index contributed by atoms with van der Waals surface area (Å²) in [6.07, 6.45) is 1.30. The van der Waals surface area contributed by atoms with Crippen LogP contribution in [0.25, 0.3) is 0 Å². The Balaban J connectivity index is 1.51. The van der Waals surface area contributed by atoms with Crippen LogP contribution in [0.5, 0.6) is 0 Å². The van der Waals surface area contributed by atoms with Gasteiger partial charge in [0.05, 0.1) is 0 Å². The van der Waals surface area contributed by atoms with Crippen molar-refractivity contribution in [1.82, 2.24) is 10.2 Å². The molecule has 1 saturated heterocycles. The van der Waals surface area contributed by atoms with E-state index in [4.69, 9.17) is 4.42 Å². The quantitative estimate of drug-likeness (QED) is 0.781. The van der Waals surface area contributed by atoms with Gasteiger partial charge in [0.2, 0.25) is 0 Å². The minimum Gasteiger partial charge on any atom is -0.456 e. The third-order valence-electron chi connectivity index (χ3n) is 4.41. The average Bonchev–Trinajstić information content (AvgIpc) is 3.08. The molecule has 5 nitrogen and oxygen atoms in total. The molecular weight excluding hydrogens is 374 g/mol. The zero-order valence-corrected chi connectivity index (χ0v) is 15.6. The number of piperidine rings is 1. The van der Waals surface area contributed by atoms with E-state index in [9.17, 15) is 18.4 Å². The van der Waals surface area contributed by atoms with Crippen LogP contribution in [0.2, 0.25) is 0 Å². The van der Waals surface area contributed by atoms with Gasteiger partial charge in [-0.15, -0.1) is 0 Å². The predicted molar refractivity (Wildman–Crippen MR) is 98.1 cm³/mol. The number of halogens is 2. The highest BCUT2D eigenvalue weighted by Crippen LogP contribution is 2.25. The van der Waals surface area contributed by atoms with Gasteiger partial charge in [0.1, 0.15) is 5.76 Å². The molecule has 1 N–H and O–H groups in total. The van der Waals surface area contributed by atoms with Crippen LogP contribution in [0.1, 0.15) is 39.5 Å². The van der Waals surface area contributed by atoms with Crippen LogP contribution in [-0.4, -0.2) is 41.6 Å². The van der Waals surface area contributed by atoms with E-state index in [2.05, 4.69) is 5.32 Å². The molecule has 0 spiro atoms. The first-order chi connectivity index (χ1) is 12.9. The Bertz CT molecular complexity index is 800. The smallest absolute Gasteiger partial charge is 0.288 e. The molecule has 0 radical (unpaired) electrons. The molecule has 1 aromatic carbocycles. The number of benzene rings is 1. The lowest BCUT2D eigenvalue weighted by atomic mass is 10.0. The second kappa shape index (κ2) is 8.56. The maximum atomic E-state index is 12.6. The maximum Gasteiger partial charge on any atom is 0.288 e. The van der Waals surface area contributed by atoms with Crippen LogP contribution in [-0.2, 0) is 0 Å². The summed E-state index contributed by atoms with van der Waals surface area (Å²) in [4.78, 5) is 26.8. The van der Waals surface area contributed by atoms with Gasteiger partial charge >= 0.3 is 0 Å². The van der Waals surface area contributed by atoms with Crippen molar-refractivity contribution in [3.8, 4) is 0 Å². The fourth-order valence-electron chi connectivity index (χ4n) is 3.00. The zero-order valence-electron chi connectivity index (χ0n) is 14.8. The number of rotatable bonds is 5. The first-order valence-electron chi connectivity index (χ1n) is 8.64. The van der Waals surface area contributed by atoms with E-state index < -0.39 is 5.76 Å². The Kier molecular flexibility index (Phi) is 6.15. The van der Waals surface area contributed by atoms with Crippen LogP contribution in [0, 0.1) is 6.92 Å². The van der Waals surface area contributed by atoms with E-state index in [1.54, 1.807) is 36.1 Å². The number of amides is 2. The number of thioether (sulfide) groups is 1. The van der Waals surface area contributed by atoms with Crippen LogP contribution in [0.4, 0.5) is 8.78 Å². The fourth-order valence-corrected chi connectivity index (χ4v) is 3.50. The first-order valence-corrected chi connectivity index (χ1v) is 9.52. The molecule has 1 fully saturated rings. The van der Waals surface area contributed by atoms with Gasteiger partial charge in [-0.3, -0.25) is 9.59 Å². The molecule has 2 heterocycles. The van der Waals surface area contributed by atoms with Crippen LogP contribution < -0.4 is 5.32 Å². The third kappa shape index (κ3) is 5.09. The number of nitrogens with one attached hydrogen (secondary N) is 1. The van der Waals surface area contributed by atoms with Gasteiger partial charge in [-0.1, -0.05) is 11.8 Å². The number of hydrogen-bond acceptors (Lipinski definition) is 4. The minimum atomic E-state index is -2.48. The van der Waals surface area contributed by atoms with Crippen molar-refractivity contribution in [3.63, 3.8) is 0 Å². The SMILES string of the molecule is Cc1ccc(C(=O)NC2CCN(C(=O)c3ccc(SC(F)F)cc3)CC2)o1. The Morgan fingerprint density at radius 2 is 1.81 bits per heavy atom. The molecule has 2 amide bonds. The van der Waals surface area contributed by atoms with Crippen LogP contribution in [0.3, 0.4) is 0 Å². The van der Waals surface area contributed by atoms with E-state index in [0.717, 1.165) is 0 Å². The number of nitrogens with zero attached hydrogens (tertiary/aromatic N) is 1. The predicted octanol–water partition coefficient (Wildman–Crippen LogP) is 3.94. The highest BCUT2D eigenvalue weighted by Gasteiger charge is 2.25. The molecule has 1 aliphatic rings. The summed E-state index contributed by atoms with van der Waals surface area (Å²) in [5.41, 5.74) is 0.474. The number of aryl methyl sites for hydroxylation is 1. The summed E-state index contributed by atoms with van der Waals surface area (Å²) in [6, 6.07) is 9.56.